The number of benzene rings is 3. The van der Waals surface area contributed by atoms with Crippen LogP contribution in [0.15, 0.2) is 84.1 Å². The first-order valence-electron chi connectivity index (χ1n) is 10.4. The summed E-state index contributed by atoms with van der Waals surface area (Å²) in [5.74, 6) is 1.04. The zero-order chi connectivity index (χ0) is 21.4. The molecule has 0 bridgehead atoms. The van der Waals surface area contributed by atoms with Crippen LogP contribution in [0, 0.1) is 0 Å². The molecular weight excluding hydrogens is 408 g/mol. The summed E-state index contributed by atoms with van der Waals surface area (Å²) in [6, 6.07) is 23.6. The van der Waals surface area contributed by atoms with Gasteiger partial charge in [-0.05, 0) is 59.9 Å². The second-order valence-electron chi connectivity index (χ2n) is 8.00. The Labute approximate surface area is 186 Å². The van der Waals surface area contributed by atoms with Crippen LogP contribution in [0.2, 0.25) is 5.02 Å². The van der Waals surface area contributed by atoms with E-state index in [0.29, 0.717) is 11.4 Å². The molecule has 31 heavy (non-hydrogen) atoms. The van der Waals surface area contributed by atoms with E-state index in [2.05, 4.69) is 10.6 Å². The number of ketones is 1. The van der Waals surface area contributed by atoms with E-state index in [1.807, 2.05) is 72.8 Å². The molecule has 0 saturated heterocycles. The highest BCUT2D eigenvalue weighted by molar-refractivity contribution is 6.30. The molecule has 0 fully saturated rings. The minimum Gasteiger partial charge on any atom is -0.497 e. The lowest BCUT2D eigenvalue weighted by molar-refractivity contribution is -0.116. The summed E-state index contributed by atoms with van der Waals surface area (Å²) in [5, 5.41) is 7.88. The zero-order valence-electron chi connectivity index (χ0n) is 17.2. The first-order valence-corrected chi connectivity index (χ1v) is 10.8. The number of anilines is 2. The van der Waals surface area contributed by atoms with Crippen LogP contribution in [0.1, 0.15) is 35.9 Å². The maximum atomic E-state index is 13.5. The minimum atomic E-state index is -0.250. The number of ether oxygens (including phenoxy) is 1. The van der Waals surface area contributed by atoms with Crippen LogP contribution in [-0.2, 0) is 4.79 Å². The van der Waals surface area contributed by atoms with Crippen LogP contribution in [0.5, 0.6) is 5.75 Å². The fourth-order valence-electron chi connectivity index (χ4n) is 4.53. The van der Waals surface area contributed by atoms with Crippen molar-refractivity contribution in [2.45, 2.75) is 24.8 Å². The molecule has 0 radical (unpaired) electrons. The Morgan fingerprint density at radius 3 is 2.45 bits per heavy atom. The molecule has 1 heterocycles. The minimum absolute atomic E-state index is 0.118. The van der Waals surface area contributed by atoms with Gasteiger partial charge in [-0.15, -0.1) is 0 Å². The lowest BCUT2D eigenvalue weighted by atomic mass is 9.78. The number of halogens is 1. The van der Waals surface area contributed by atoms with Crippen LogP contribution in [0.4, 0.5) is 11.4 Å². The number of Topliss-reactive ketones (excluding diaryl/α,β-unsaturated/α-hetero) is 1. The smallest absolute Gasteiger partial charge is 0.163 e. The number of para-hydroxylation sites is 2. The van der Waals surface area contributed by atoms with Crippen molar-refractivity contribution in [3.05, 3.63) is 100 Å². The van der Waals surface area contributed by atoms with E-state index in [0.717, 1.165) is 45.9 Å². The fourth-order valence-corrected chi connectivity index (χ4v) is 4.66. The predicted octanol–water partition coefficient (Wildman–Crippen LogP) is 6.33. The van der Waals surface area contributed by atoms with Gasteiger partial charge < -0.3 is 15.4 Å². The third-order valence-electron chi connectivity index (χ3n) is 6.08. The molecular formula is C26H23ClN2O2. The van der Waals surface area contributed by atoms with E-state index in [-0.39, 0.29) is 17.7 Å². The maximum Gasteiger partial charge on any atom is 0.163 e. The van der Waals surface area contributed by atoms with E-state index in [9.17, 15) is 4.79 Å². The summed E-state index contributed by atoms with van der Waals surface area (Å²) in [5.41, 5.74) is 5.86. The second kappa shape index (κ2) is 8.12. The Balaban J connectivity index is 1.60. The number of hydrogen-bond donors (Lipinski definition) is 2. The quantitative estimate of drug-likeness (QED) is 0.509. The van der Waals surface area contributed by atoms with Crippen molar-refractivity contribution < 1.29 is 9.53 Å². The Bertz CT molecular complexity index is 1170. The lowest BCUT2D eigenvalue weighted by Gasteiger charge is -2.30. The summed E-state index contributed by atoms with van der Waals surface area (Å²) >= 11 is 6.07. The summed E-state index contributed by atoms with van der Waals surface area (Å²) in [4.78, 5) is 13.5. The lowest BCUT2D eigenvalue weighted by Crippen LogP contribution is -2.26. The molecule has 2 atom stereocenters. The number of carbonyl (C=O) groups is 1. The van der Waals surface area contributed by atoms with Gasteiger partial charge in [-0.3, -0.25) is 4.79 Å². The van der Waals surface area contributed by atoms with Gasteiger partial charge >= 0.3 is 0 Å². The van der Waals surface area contributed by atoms with Crippen molar-refractivity contribution in [3.63, 3.8) is 0 Å². The van der Waals surface area contributed by atoms with Gasteiger partial charge in [0, 0.05) is 22.7 Å². The molecule has 5 rings (SSSR count). The first-order chi connectivity index (χ1) is 15.1. The van der Waals surface area contributed by atoms with Crippen molar-refractivity contribution in [1.82, 2.24) is 0 Å². The van der Waals surface area contributed by atoms with Gasteiger partial charge in [-0.25, -0.2) is 0 Å². The Kier molecular flexibility index (Phi) is 5.16. The Morgan fingerprint density at radius 1 is 0.903 bits per heavy atom. The van der Waals surface area contributed by atoms with Crippen LogP contribution >= 0.6 is 11.6 Å². The van der Waals surface area contributed by atoms with Gasteiger partial charge in [-0.1, -0.05) is 48.0 Å². The average molecular weight is 431 g/mol. The van der Waals surface area contributed by atoms with Gasteiger partial charge in [-0.2, -0.15) is 0 Å². The predicted molar refractivity (Wildman–Crippen MR) is 125 cm³/mol. The monoisotopic (exact) mass is 430 g/mol. The van der Waals surface area contributed by atoms with Gasteiger partial charge in [0.1, 0.15) is 5.75 Å². The standard InChI is InChI=1S/C26H23ClN2O2/c1-31-20-6-4-5-17(13-20)26-25-23(28-21-7-2-3-8-22(21)29-26)14-18(15-24(25)30)16-9-11-19(27)12-10-16/h2-13,18,26,28-29H,14-15H2,1H3/t18-,26+/m1/s1. The molecule has 156 valence electrons. The second-order valence-corrected chi connectivity index (χ2v) is 8.43. The Morgan fingerprint density at radius 2 is 1.68 bits per heavy atom. The van der Waals surface area contributed by atoms with Gasteiger partial charge in [0.2, 0.25) is 0 Å². The number of fused-ring (bicyclic) bond motifs is 1. The third-order valence-corrected chi connectivity index (χ3v) is 6.33. The normalized spacial score (nSPS) is 20.1. The highest BCUT2D eigenvalue weighted by Gasteiger charge is 2.36. The molecule has 4 nitrogen and oxygen atoms in total. The van der Waals surface area contributed by atoms with Crippen LogP contribution in [0.3, 0.4) is 0 Å². The zero-order valence-corrected chi connectivity index (χ0v) is 17.9. The van der Waals surface area contributed by atoms with Crippen molar-refractivity contribution in [2.24, 2.45) is 0 Å². The molecule has 1 aliphatic heterocycles. The van der Waals surface area contributed by atoms with E-state index in [4.69, 9.17) is 16.3 Å². The van der Waals surface area contributed by atoms with Gasteiger partial charge in [0.25, 0.3) is 0 Å². The SMILES string of the molecule is COc1cccc([C@@H]2Nc3ccccc3NC3=C2C(=O)C[C@H](c2ccc(Cl)cc2)C3)c1. The third kappa shape index (κ3) is 3.79. The molecule has 0 saturated carbocycles. The molecule has 2 aliphatic rings. The van der Waals surface area contributed by atoms with Crippen molar-refractivity contribution in [3.8, 4) is 5.75 Å². The molecule has 3 aromatic rings. The summed E-state index contributed by atoms with van der Waals surface area (Å²) in [6.07, 6.45) is 1.24. The van der Waals surface area contributed by atoms with Crippen molar-refractivity contribution in [2.75, 3.05) is 17.7 Å². The molecule has 5 heteroatoms. The van der Waals surface area contributed by atoms with Crippen molar-refractivity contribution in [1.29, 1.82) is 0 Å². The Hall–Kier alpha value is -3.24. The van der Waals surface area contributed by atoms with Crippen molar-refractivity contribution >= 4 is 28.8 Å². The number of nitrogens with one attached hydrogen (secondary N) is 2. The van der Waals surface area contributed by atoms with Crippen LogP contribution in [-0.4, -0.2) is 12.9 Å². The highest BCUT2D eigenvalue weighted by atomic mass is 35.5. The summed E-state index contributed by atoms with van der Waals surface area (Å²) < 4.78 is 5.44. The van der Waals surface area contributed by atoms with Gasteiger partial charge in [0.15, 0.2) is 5.78 Å². The number of rotatable bonds is 3. The van der Waals surface area contributed by atoms with E-state index >= 15 is 0 Å². The molecule has 1 aliphatic carbocycles. The topological polar surface area (TPSA) is 50.4 Å². The largest absolute Gasteiger partial charge is 0.497 e. The van der Waals surface area contributed by atoms with E-state index < -0.39 is 0 Å². The first kappa shape index (κ1) is 19.7. The molecule has 2 N–H and O–H groups in total. The average Bonchev–Trinajstić information content (AvgIpc) is 2.96. The molecule has 3 aromatic carbocycles. The molecule has 0 unspecified atom stereocenters. The number of allylic oxidation sites excluding steroid dienone is 1. The molecule has 0 amide bonds. The van der Waals surface area contributed by atoms with Gasteiger partial charge in [0.05, 0.1) is 24.5 Å². The van der Waals surface area contributed by atoms with Crippen LogP contribution in [0.25, 0.3) is 0 Å². The van der Waals surface area contributed by atoms with Crippen LogP contribution < -0.4 is 15.4 Å². The van der Waals surface area contributed by atoms with E-state index in [1.54, 1.807) is 7.11 Å². The maximum absolute atomic E-state index is 13.5. The summed E-state index contributed by atoms with van der Waals surface area (Å²) in [7, 11) is 1.66. The fraction of sp³-hybridized carbons (Fsp3) is 0.192. The summed E-state index contributed by atoms with van der Waals surface area (Å²) in [6.45, 7) is 0. The highest BCUT2D eigenvalue weighted by Crippen LogP contribution is 2.44. The molecule has 0 spiro atoms. The molecule has 0 aromatic heterocycles. The number of hydrogen-bond acceptors (Lipinski definition) is 4. The number of methoxy groups -OCH3 is 1. The number of carbonyl (C=O) groups excluding carboxylic acids is 1. The van der Waals surface area contributed by atoms with E-state index in [1.165, 1.54) is 0 Å².